The lowest BCUT2D eigenvalue weighted by molar-refractivity contribution is -0.137. The van der Waals surface area contributed by atoms with Gasteiger partial charge < -0.3 is 10.2 Å². The van der Waals surface area contributed by atoms with Crippen molar-refractivity contribution in [3.8, 4) is 0 Å². The lowest BCUT2D eigenvalue weighted by Gasteiger charge is -2.30. The third kappa shape index (κ3) is 2.29. The predicted molar refractivity (Wildman–Crippen MR) is 66.2 cm³/mol. The molecule has 0 unspecified atom stereocenters. The zero-order chi connectivity index (χ0) is 12.0. The van der Waals surface area contributed by atoms with E-state index in [9.17, 15) is 13.2 Å². The maximum Gasteiger partial charge on any atom is 0.416 e. The van der Waals surface area contributed by atoms with Gasteiger partial charge in [-0.3, -0.25) is 0 Å². The highest BCUT2D eigenvalue weighted by molar-refractivity contribution is 5.85. The largest absolute Gasteiger partial charge is 0.416 e. The van der Waals surface area contributed by atoms with Gasteiger partial charge in [-0.15, -0.1) is 12.4 Å². The van der Waals surface area contributed by atoms with E-state index in [4.69, 9.17) is 0 Å². The number of rotatable bonds is 1. The minimum Gasteiger partial charge on any atom is -0.366 e. The van der Waals surface area contributed by atoms with Crippen LogP contribution in [-0.4, -0.2) is 25.2 Å². The summed E-state index contributed by atoms with van der Waals surface area (Å²) in [6.07, 6.45) is -3.22. The fourth-order valence-corrected chi connectivity index (χ4v) is 2.74. The first-order valence-electron chi connectivity index (χ1n) is 5.71. The number of alkyl halides is 3. The number of hydrogen-bond acceptors (Lipinski definition) is 2. The molecule has 0 aromatic heterocycles. The van der Waals surface area contributed by atoms with Crippen molar-refractivity contribution < 1.29 is 13.2 Å². The first kappa shape index (κ1) is 13.5. The molecular formula is C12H14ClF3N2. The monoisotopic (exact) mass is 278 g/mol. The summed E-state index contributed by atoms with van der Waals surface area (Å²) in [5.41, 5.74) is 0.125. The minimum atomic E-state index is -4.26. The third-order valence-electron chi connectivity index (χ3n) is 3.56. The third-order valence-corrected chi connectivity index (χ3v) is 3.56. The van der Waals surface area contributed by atoms with Gasteiger partial charge in [-0.1, -0.05) is 6.07 Å². The van der Waals surface area contributed by atoms with Gasteiger partial charge in [-0.25, -0.2) is 0 Å². The highest BCUT2D eigenvalue weighted by atomic mass is 35.5. The van der Waals surface area contributed by atoms with Crippen LogP contribution in [0.1, 0.15) is 12.0 Å². The summed E-state index contributed by atoms with van der Waals surface area (Å²) in [6.45, 7) is 1.69. The van der Waals surface area contributed by atoms with E-state index >= 15 is 0 Å². The summed E-state index contributed by atoms with van der Waals surface area (Å²) in [6, 6.07) is 6.41. The molecule has 1 aromatic rings. The van der Waals surface area contributed by atoms with Crippen molar-refractivity contribution >= 4 is 18.1 Å². The normalized spacial score (nSPS) is 26.3. The van der Waals surface area contributed by atoms with E-state index in [1.165, 1.54) is 12.1 Å². The molecule has 2 heterocycles. The highest BCUT2D eigenvalue weighted by Crippen LogP contribution is 2.34. The molecule has 6 heteroatoms. The van der Waals surface area contributed by atoms with Gasteiger partial charge in [0.15, 0.2) is 0 Å². The SMILES string of the molecule is Cl.FC(F)(F)c1cccc(N2C[C@@H]3C[C@H]2CN3)c1. The van der Waals surface area contributed by atoms with Gasteiger partial charge in [-0.2, -0.15) is 13.2 Å². The second-order valence-corrected chi connectivity index (χ2v) is 4.70. The van der Waals surface area contributed by atoms with Crippen molar-refractivity contribution in [1.29, 1.82) is 0 Å². The summed E-state index contributed by atoms with van der Waals surface area (Å²) in [4.78, 5) is 2.08. The highest BCUT2D eigenvalue weighted by Gasteiger charge is 2.38. The summed E-state index contributed by atoms with van der Waals surface area (Å²) >= 11 is 0. The molecule has 2 aliphatic rings. The number of nitrogens with zero attached hydrogens (tertiary/aromatic N) is 1. The Kier molecular flexibility index (Phi) is 3.47. The van der Waals surface area contributed by atoms with Crippen molar-refractivity contribution in [2.75, 3.05) is 18.0 Å². The smallest absolute Gasteiger partial charge is 0.366 e. The standard InChI is InChI=1S/C12H13F3N2.ClH/c13-12(14,15)8-2-1-3-10(4-8)17-7-9-5-11(17)6-16-9;/h1-4,9,11,16H,5-7H2;1H/t9-,11-;/m0./s1. The molecule has 2 saturated heterocycles. The van der Waals surface area contributed by atoms with Crippen molar-refractivity contribution in [2.24, 2.45) is 0 Å². The maximum absolute atomic E-state index is 12.6. The van der Waals surface area contributed by atoms with Gasteiger partial charge in [0.2, 0.25) is 0 Å². The van der Waals surface area contributed by atoms with Crippen LogP contribution < -0.4 is 10.2 Å². The molecule has 18 heavy (non-hydrogen) atoms. The number of piperazine rings is 1. The van der Waals surface area contributed by atoms with Crippen molar-refractivity contribution in [1.82, 2.24) is 5.32 Å². The molecule has 0 spiro atoms. The fraction of sp³-hybridized carbons (Fsp3) is 0.500. The molecule has 0 aliphatic carbocycles. The molecule has 2 bridgehead atoms. The summed E-state index contributed by atoms with van der Waals surface area (Å²) in [5.74, 6) is 0. The van der Waals surface area contributed by atoms with Crippen LogP contribution in [0.25, 0.3) is 0 Å². The first-order chi connectivity index (χ1) is 8.04. The molecule has 100 valence electrons. The van der Waals surface area contributed by atoms with Crippen LogP contribution in [0, 0.1) is 0 Å². The predicted octanol–water partition coefficient (Wildman–Crippen LogP) is 2.68. The second kappa shape index (κ2) is 4.63. The summed E-state index contributed by atoms with van der Waals surface area (Å²) in [5, 5.41) is 3.34. The van der Waals surface area contributed by atoms with Crippen LogP contribution in [0.15, 0.2) is 24.3 Å². The van der Waals surface area contributed by atoms with Crippen LogP contribution in [-0.2, 0) is 6.18 Å². The molecule has 2 aliphatic heterocycles. The van der Waals surface area contributed by atoms with Crippen LogP contribution in [0.3, 0.4) is 0 Å². The van der Waals surface area contributed by atoms with Crippen molar-refractivity contribution in [2.45, 2.75) is 24.7 Å². The molecule has 2 atom stereocenters. The number of nitrogens with one attached hydrogen (secondary N) is 1. The van der Waals surface area contributed by atoms with Gasteiger partial charge in [0, 0.05) is 30.9 Å². The molecule has 2 fully saturated rings. The van der Waals surface area contributed by atoms with Gasteiger partial charge in [0.1, 0.15) is 0 Å². The number of halogens is 4. The van der Waals surface area contributed by atoms with E-state index in [0.717, 1.165) is 25.6 Å². The Morgan fingerprint density at radius 3 is 2.61 bits per heavy atom. The maximum atomic E-state index is 12.6. The average Bonchev–Trinajstić information content (AvgIpc) is 2.89. The molecule has 1 N–H and O–H groups in total. The second-order valence-electron chi connectivity index (χ2n) is 4.70. The topological polar surface area (TPSA) is 15.3 Å². The van der Waals surface area contributed by atoms with Crippen LogP contribution in [0.4, 0.5) is 18.9 Å². The average molecular weight is 279 g/mol. The zero-order valence-electron chi connectivity index (χ0n) is 9.57. The quantitative estimate of drug-likeness (QED) is 0.850. The molecule has 0 amide bonds. The van der Waals surface area contributed by atoms with E-state index in [0.29, 0.717) is 17.8 Å². The van der Waals surface area contributed by atoms with Crippen LogP contribution >= 0.6 is 12.4 Å². The Hall–Kier alpha value is -0.940. The van der Waals surface area contributed by atoms with E-state index in [-0.39, 0.29) is 12.4 Å². The number of hydrogen-bond donors (Lipinski definition) is 1. The van der Waals surface area contributed by atoms with Crippen LogP contribution in [0.2, 0.25) is 0 Å². The molecule has 1 aromatic carbocycles. The van der Waals surface area contributed by atoms with Crippen LogP contribution in [0.5, 0.6) is 0 Å². The molecule has 0 saturated carbocycles. The van der Waals surface area contributed by atoms with E-state index in [2.05, 4.69) is 10.2 Å². The first-order valence-corrected chi connectivity index (χ1v) is 5.71. The minimum absolute atomic E-state index is 0. The van der Waals surface area contributed by atoms with Gasteiger partial charge in [-0.05, 0) is 24.6 Å². The van der Waals surface area contributed by atoms with Gasteiger partial charge in [0.25, 0.3) is 0 Å². The number of benzene rings is 1. The fourth-order valence-electron chi connectivity index (χ4n) is 2.74. The Balaban J connectivity index is 0.00000120. The number of anilines is 1. The van der Waals surface area contributed by atoms with Crippen molar-refractivity contribution in [3.63, 3.8) is 0 Å². The lowest BCUT2D eigenvalue weighted by Crippen LogP contribution is -2.43. The lowest BCUT2D eigenvalue weighted by atomic mass is 10.1. The van der Waals surface area contributed by atoms with E-state index < -0.39 is 11.7 Å². The van der Waals surface area contributed by atoms with E-state index in [1.54, 1.807) is 6.07 Å². The Labute approximate surface area is 110 Å². The molecule has 3 rings (SSSR count). The Bertz CT molecular complexity index is 436. The van der Waals surface area contributed by atoms with Gasteiger partial charge >= 0.3 is 6.18 Å². The molecule has 0 radical (unpaired) electrons. The van der Waals surface area contributed by atoms with Crippen molar-refractivity contribution in [3.05, 3.63) is 29.8 Å². The zero-order valence-corrected chi connectivity index (χ0v) is 10.4. The summed E-state index contributed by atoms with van der Waals surface area (Å²) < 4.78 is 37.8. The molecule has 2 nitrogen and oxygen atoms in total. The Morgan fingerprint density at radius 2 is 2.06 bits per heavy atom. The molecular weight excluding hydrogens is 265 g/mol. The van der Waals surface area contributed by atoms with Gasteiger partial charge in [0.05, 0.1) is 5.56 Å². The number of fused-ring (bicyclic) bond motifs is 2. The summed E-state index contributed by atoms with van der Waals surface area (Å²) in [7, 11) is 0. The Morgan fingerprint density at radius 1 is 1.28 bits per heavy atom. The van der Waals surface area contributed by atoms with E-state index in [1.807, 2.05) is 0 Å².